The lowest BCUT2D eigenvalue weighted by atomic mass is 9.99. The van der Waals surface area contributed by atoms with E-state index in [0.29, 0.717) is 6.54 Å². The van der Waals surface area contributed by atoms with Crippen LogP contribution in [0.1, 0.15) is 18.4 Å². The molecule has 1 fully saturated rings. The molecule has 1 aromatic carbocycles. The molecule has 18 heavy (non-hydrogen) atoms. The minimum absolute atomic E-state index is 0.0935. The van der Waals surface area contributed by atoms with E-state index in [1.54, 1.807) is 4.90 Å². The van der Waals surface area contributed by atoms with Gasteiger partial charge in [0, 0.05) is 38.3 Å². The molecule has 1 atom stereocenters. The van der Waals surface area contributed by atoms with Crippen LogP contribution in [-0.4, -0.2) is 49.2 Å². The summed E-state index contributed by atoms with van der Waals surface area (Å²) < 4.78 is 0. The van der Waals surface area contributed by atoms with Gasteiger partial charge in [0.05, 0.1) is 6.54 Å². The molecule has 0 aromatic heterocycles. The van der Waals surface area contributed by atoms with Crippen LogP contribution in [0.4, 0.5) is 5.69 Å². The number of anilines is 1. The smallest absolute Gasteiger partial charge is 0.241 e. The third-order valence-electron chi connectivity index (χ3n) is 3.54. The van der Waals surface area contributed by atoms with Gasteiger partial charge in [-0.15, -0.1) is 0 Å². The van der Waals surface area contributed by atoms with E-state index < -0.39 is 0 Å². The summed E-state index contributed by atoms with van der Waals surface area (Å²) >= 11 is 0. The Balaban J connectivity index is 2.25. The molecule has 4 heteroatoms. The van der Waals surface area contributed by atoms with E-state index in [1.165, 1.54) is 0 Å². The van der Waals surface area contributed by atoms with E-state index in [9.17, 15) is 9.90 Å². The number of nitrogens with zero attached hydrogens (tertiary/aromatic N) is 2. The fourth-order valence-corrected chi connectivity index (χ4v) is 2.25. The molecule has 1 aromatic rings. The molecule has 1 heterocycles. The Morgan fingerprint density at radius 1 is 1.33 bits per heavy atom. The van der Waals surface area contributed by atoms with E-state index in [2.05, 4.69) is 4.90 Å². The summed E-state index contributed by atoms with van der Waals surface area (Å²) in [5, 5.41) is 9.31. The maximum absolute atomic E-state index is 11.8. The number of aliphatic hydroxyl groups is 1. The van der Waals surface area contributed by atoms with Gasteiger partial charge in [-0.1, -0.05) is 25.1 Å². The van der Waals surface area contributed by atoms with Crippen LogP contribution in [0, 0.1) is 0 Å². The molecule has 1 N–H and O–H groups in total. The number of carbonyl (C=O) groups is 1. The van der Waals surface area contributed by atoms with Crippen molar-refractivity contribution in [2.24, 2.45) is 0 Å². The quantitative estimate of drug-likeness (QED) is 0.870. The van der Waals surface area contributed by atoms with Crippen molar-refractivity contribution in [2.45, 2.75) is 12.8 Å². The van der Waals surface area contributed by atoms with Crippen molar-refractivity contribution >= 4 is 11.6 Å². The second-order valence-electron chi connectivity index (χ2n) is 4.88. The van der Waals surface area contributed by atoms with Crippen molar-refractivity contribution in [1.29, 1.82) is 0 Å². The van der Waals surface area contributed by atoms with Crippen LogP contribution >= 0.6 is 0 Å². The van der Waals surface area contributed by atoms with Gasteiger partial charge in [-0.25, -0.2) is 0 Å². The van der Waals surface area contributed by atoms with Gasteiger partial charge in [0.25, 0.3) is 0 Å². The average molecular weight is 248 g/mol. The van der Waals surface area contributed by atoms with E-state index in [4.69, 9.17) is 0 Å². The number of rotatable bonds is 3. The molecular formula is C14H20N2O2. The zero-order chi connectivity index (χ0) is 13.1. The highest BCUT2D eigenvalue weighted by molar-refractivity contribution is 5.83. The largest absolute Gasteiger partial charge is 0.396 e. The number of carbonyl (C=O) groups excluding carboxylic acids is 1. The summed E-state index contributed by atoms with van der Waals surface area (Å²) in [6, 6.07) is 8.01. The number of amides is 1. The van der Waals surface area contributed by atoms with Crippen molar-refractivity contribution in [3.8, 4) is 0 Å². The minimum Gasteiger partial charge on any atom is -0.396 e. The topological polar surface area (TPSA) is 43.8 Å². The summed E-state index contributed by atoms with van der Waals surface area (Å²) in [6.45, 7) is 4.14. The summed E-state index contributed by atoms with van der Waals surface area (Å²) in [5.41, 5.74) is 2.18. The highest BCUT2D eigenvalue weighted by Gasteiger charge is 2.23. The average Bonchev–Trinajstić information content (AvgIpc) is 2.41. The standard InChI is InChI=1S/C14H20N2O2/c1-11(10-17)12-5-3-4-6-13(12)16-8-7-15(2)14(18)9-16/h3-6,11,17H,7-10H2,1-2H3. The van der Waals surface area contributed by atoms with E-state index >= 15 is 0 Å². The zero-order valence-electron chi connectivity index (χ0n) is 11.0. The fraction of sp³-hybridized carbons (Fsp3) is 0.500. The first kappa shape index (κ1) is 12.9. The fourth-order valence-electron chi connectivity index (χ4n) is 2.25. The normalized spacial score (nSPS) is 18.1. The van der Waals surface area contributed by atoms with Crippen molar-refractivity contribution in [2.75, 3.05) is 38.2 Å². The van der Waals surface area contributed by atoms with Crippen molar-refractivity contribution in [3.63, 3.8) is 0 Å². The van der Waals surface area contributed by atoms with Gasteiger partial charge in [-0.05, 0) is 11.6 Å². The molecule has 2 rings (SSSR count). The Labute approximate surface area is 108 Å². The van der Waals surface area contributed by atoms with Crippen LogP contribution in [0.15, 0.2) is 24.3 Å². The number of hydrogen-bond donors (Lipinski definition) is 1. The Hall–Kier alpha value is -1.55. The minimum atomic E-state index is 0.0935. The molecule has 1 saturated heterocycles. The SMILES string of the molecule is CC(CO)c1ccccc1N1CCN(C)C(=O)C1. The van der Waals surface area contributed by atoms with Gasteiger partial charge in [0.15, 0.2) is 0 Å². The first-order chi connectivity index (χ1) is 8.63. The van der Waals surface area contributed by atoms with Gasteiger partial charge in [-0.3, -0.25) is 4.79 Å². The molecular weight excluding hydrogens is 228 g/mol. The van der Waals surface area contributed by atoms with Crippen LogP contribution < -0.4 is 4.90 Å². The number of aliphatic hydroxyl groups excluding tert-OH is 1. The maximum atomic E-state index is 11.8. The highest BCUT2D eigenvalue weighted by Crippen LogP contribution is 2.28. The molecule has 4 nitrogen and oxygen atoms in total. The molecule has 0 bridgehead atoms. The second-order valence-corrected chi connectivity index (χ2v) is 4.88. The molecule has 0 saturated carbocycles. The zero-order valence-corrected chi connectivity index (χ0v) is 11.0. The molecule has 0 aliphatic carbocycles. The number of likely N-dealkylation sites (N-methyl/N-ethyl adjacent to an activating group) is 1. The van der Waals surface area contributed by atoms with Crippen LogP contribution in [-0.2, 0) is 4.79 Å². The Bertz CT molecular complexity index is 434. The number of piperazine rings is 1. The Kier molecular flexibility index (Phi) is 3.87. The summed E-state index contributed by atoms with van der Waals surface area (Å²) in [7, 11) is 1.84. The number of benzene rings is 1. The molecule has 1 unspecified atom stereocenters. The predicted molar refractivity (Wildman–Crippen MR) is 71.8 cm³/mol. The molecule has 0 spiro atoms. The van der Waals surface area contributed by atoms with E-state index in [0.717, 1.165) is 24.3 Å². The monoisotopic (exact) mass is 248 g/mol. The first-order valence-electron chi connectivity index (χ1n) is 6.32. The third kappa shape index (κ3) is 2.48. The summed E-state index contributed by atoms with van der Waals surface area (Å²) in [5.74, 6) is 0.240. The van der Waals surface area contributed by atoms with Gasteiger partial charge in [0.1, 0.15) is 0 Å². The lowest BCUT2D eigenvalue weighted by molar-refractivity contribution is -0.129. The van der Waals surface area contributed by atoms with Gasteiger partial charge in [-0.2, -0.15) is 0 Å². The van der Waals surface area contributed by atoms with Crippen LogP contribution in [0.5, 0.6) is 0 Å². The summed E-state index contributed by atoms with van der Waals surface area (Å²) in [4.78, 5) is 15.6. The van der Waals surface area contributed by atoms with Gasteiger partial charge in [0.2, 0.25) is 5.91 Å². The van der Waals surface area contributed by atoms with Gasteiger partial charge < -0.3 is 14.9 Å². The Morgan fingerprint density at radius 3 is 2.72 bits per heavy atom. The van der Waals surface area contributed by atoms with Crippen molar-refractivity contribution in [1.82, 2.24) is 4.90 Å². The first-order valence-corrected chi connectivity index (χ1v) is 6.32. The molecule has 98 valence electrons. The third-order valence-corrected chi connectivity index (χ3v) is 3.54. The molecule has 1 aliphatic heterocycles. The maximum Gasteiger partial charge on any atom is 0.241 e. The van der Waals surface area contributed by atoms with Crippen molar-refractivity contribution in [3.05, 3.63) is 29.8 Å². The van der Waals surface area contributed by atoms with Crippen LogP contribution in [0.3, 0.4) is 0 Å². The van der Waals surface area contributed by atoms with E-state index in [1.807, 2.05) is 38.2 Å². The molecule has 1 aliphatic rings. The van der Waals surface area contributed by atoms with E-state index in [-0.39, 0.29) is 18.4 Å². The lowest BCUT2D eigenvalue weighted by Gasteiger charge is -2.35. The van der Waals surface area contributed by atoms with Gasteiger partial charge >= 0.3 is 0 Å². The Morgan fingerprint density at radius 2 is 2.06 bits per heavy atom. The predicted octanol–water partition coefficient (Wildman–Crippen LogP) is 1.06. The number of hydrogen-bond acceptors (Lipinski definition) is 3. The number of para-hydroxylation sites is 1. The molecule has 1 amide bonds. The van der Waals surface area contributed by atoms with Crippen LogP contribution in [0.2, 0.25) is 0 Å². The second kappa shape index (κ2) is 5.40. The summed E-state index contributed by atoms with van der Waals surface area (Å²) in [6.07, 6.45) is 0. The molecule has 0 radical (unpaired) electrons. The van der Waals surface area contributed by atoms with Crippen LogP contribution in [0.25, 0.3) is 0 Å². The van der Waals surface area contributed by atoms with Crippen molar-refractivity contribution < 1.29 is 9.90 Å². The lowest BCUT2D eigenvalue weighted by Crippen LogP contribution is -2.48. The highest BCUT2D eigenvalue weighted by atomic mass is 16.3.